The van der Waals surface area contributed by atoms with E-state index in [-0.39, 0.29) is 37.7 Å². The number of aliphatic carboxylic acids is 2. The van der Waals surface area contributed by atoms with Crippen molar-refractivity contribution in [3.05, 3.63) is 0 Å². The summed E-state index contributed by atoms with van der Waals surface area (Å²) in [7, 11) is 0. The van der Waals surface area contributed by atoms with Crippen LogP contribution >= 0.6 is 0 Å². The number of nitrogens with zero attached hydrogens (tertiary/aromatic N) is 1. The quantitative estimate of drug-likeness (QED) is 0.0574. The summed E-state index contributed by atoms with van der Waals surface area (Å²) < 4.78 is 0. The van der Waals surface area contributed by atoms with Crippen molar-refractivity contribution in [2.24, 2.45) is 28.1 Å². The highest BCUT2D eigenvalue weighted by Crippen LogP contribution is 2.08. The van der Waals surface area contributed by atoms with Crippen LogP contribution in [0.2, 0.25) is 0 Å². The number of guanidine groups is 1. The maximum absolute atomic E-state index is 13.0. The lowest BCUT2D eigenvalue weighted by molar-refractivity contribution is -0.147. The molecule has 5 unspecified atom stereocenters. The van der Waals surface area contributed by atoms with E-state index in [0.717, 1.165) is 0 Å². The van der Waals surface area contributed by atoms with Gasteiger partial charge in [-0.3, -0.25) is 24.2 Å². The average molecular weight is 504 g/mol. The zero-order valence-corrected chi connectivity index (χ0v) is 20.1. The number of hydrogen-bond acceptors (Lipinski definition) is 8. The van der Waals surface area contributed by atoms with E-state index in [9.17, 15) is 34.2 Å². The van der Waals surface area contributed by atoms with Crippen LogP contribution < -0.4 is 33.2 Å². The number of aliphatic hydroxyl groups excluding tert-OH is 1. The normalized spacial score (nSPS) is 15.1. The van der Waals surface area contributed by atoms with Gasteiger partial charge >= 0.3 is 11.9 Å². The molecule has 0 saturated carbocycles. The van der Waals surface area contributed by atoms with Gasteiger partial charge in [0.25, 0.3) is 0 Å². The summed E-state index contributed by atoms with van der Waals surface area (Å²) in [5, 5.41) is 34.6. The van der Waals surface area contributed by atoms with Crippen molar-refractivity contribution in [2.75, 3.05) is 6.54 Å². The molecule has 0 aliphatic carbocycles. The first kappa shape index (κ1) is 31.5. The van der Waals surface area contributed by atoms with Gasteiger partial charge in [0.15, 0.2) is 5.96 Å². The van der Waals surface area contributed by atoms with Gasteiger partial charge in [-0.25, -0.2) is 4.79 Å². The summed E-state index contributed by atoms with van der Waals surface area (Å²) in [6, 6.07) is -5.42. The predicted octanol–water partition coefficient (Wildman–Crippen LogP) is -3.19. The fraction of sp³-hybridized carbons (Fsp3) is 0.700. The topological polar surface area (TPSA) is 273 Å². The lowest BCUT2D eigenvalue weighted by atomic mass is 10.0. The van der Waals surface area contributed by atoms with Gasteiger partial charge in [-0.05, 0) is 32.1 Å². The molecule has 12 N–H and O–H groups in total. The molecule has 0 fully saturated rings. The van der Waals surface area contributed by atoms with Crippen molar-refractivity contribution < 1.29 is 39.3 Å². The molecule has 0 aromatic heterocycles. The van der Waals surface area contributed by atoms with Crippen molar-refractivity contribution in [1.29, 1.82) is 0 Å². The minimum atomic E-state index is -1.73. The van der Waals surface area contributed by atoms with E-state index in [2.05, 4.69) is 20.9 Å². The molecule has 0 spiro atoms. The number of hydrogen-bond donors (Lipinski definition) is 9. The zero-order valence-electron chi connectivity index (χ0n) is 20.1. The summed E-state index contributed by atoms with van der Waals surface area (Å²) in [4.78, 5) is 64.0. The number of carboxylic acid groups (broad SMARTS) is 2. The van der Waals surface area contributed by atoms with Gasteiger partial charge in [0, 0.05) is 6.54 Å². The van der Waals surface area contributed by atoms with Crippen LogP contribution in [0.15, 0.2) is 4.99 Å². The first-order chi connectivity index (χ1) is 16.1. The van der Waals surface area contributed by atoms with Crippen LogP contribution in [0.4, 0.5) is 0 Å². The molecular weight excluding hydrogens is 466 g/mol. The van der Waals surface area contributed by atoms with E-state index in [1.54, 1.807) is 13.8 Å². The van der Waals surface area contributed by atoms with E-state index in [1.165, 1.54) is 6.92 Å². The first-order valence-corrected chi connectivity index (χ1v) is 11.0. The van der Waals surface area contributed by atoms with Gasteiger partial charge in [0.1, 0.15) is 24.2 Å². The van der Waals surface area contributed by atoms with Crippen molar-refractivity contribution in [1.82, 2.24) is 16.0 Å². The molecule has 5 atom stereocenters. The molecule has 0 heterocycles. The molecule has 0 aromatic rings. The molecule has 15 nitrogen and oxygen atoms in total. The second-order valence-corrected chi connectivity index (χ2v) is 8.46. The standard InChI is InChI=1S/C20H37N7O8/c1-9(2)7-12(26-18(33)15(21)10(3)28)17(32)25-11(5-4-6-24-20(22)23)16(31)27-13(19(34)35)8-14(29)30/h9-13,15,28H,4-8,21H2,1-3H3,(H,25,32)(H,26,33)(H,27,31)(H,29,30)(H,34,35)(H4,22,23,24). The Hall–Kier alpha value is -3.46. The van der Waals surface area contributed by atoms with Crippen LogP contribution in [0.25, 0.3) is 0 Å². The summed E-state index contributed by atoms with van der Waals surface area (Å²) >= 11 is 0. The molecular formula is C20H37N7O8. The fourth-order valence-corrected chi connectivity index (χ4v) is 2.88. The van der Waals surface area contributed by atoms with E-state index >= 15 is 0 Å². The number of nitrogens with two attached hydrogens (primary N) is 3. The predicted molar refractivity (Wildman–Crippen MR) is 125 cm³/mol. The summed E-state index contributed by atoms with van der Waals surface area (Å²) in [5.74, 6) is -5.72. The van der Waals surface area contributed by atoms with Crippen LogP contribution in [-0.2, 0) is 24.0 Å². The summed E-state index contributed by atoms with van der Waals surface area (Å²) in [6.07, 6.45) is -1.69. The Balaban J connectivity index is 5.66. The van der Waals surface area contributed by atoms with Gasteiger partial charge in [-0.15, -0.1) is 0 Å². The van der Waals surface area contributed by atoms with Crippen LogP contribution in [0.5, 0.6) is 0 Å². The number of amides is 3. The third-order valence-electron chi connectivity index (χ3n) is 4.73. The van der Waals surface area contributed by atoms with Gasteiger partial charge in [0.05, 0.1) is 12.5 Å². The Kier molecular flexibility index (Phi) is 13.9. The zero-order chi connectivity index (χ0) is 27.3. The number of carbonyl (C=O) groups is 5. The number of nitrogens with one attached hydrogen (secondary N) is 3. The van der Waals surface area contributed by atoms with Gasteiger partial charge in [0.2, 0.25) is 17.7 Å². The van der Waals surface area contributed by atoms with E-state index < -0.39 is 66.4 Å². The Labute approximate surface area is 202 Å². The smallest absolute Gasteiger partial charge is 0.326 e. The maximum Gasteiger partial charge on any atom is 0.326 e. The molecule has 15 heteroatoms. The van der Waals surface area contributed by atoms with Crippen molar-refractivity contribution >= 4 is 35.6 Å². The third-order valence-corrected chi connectivity index (χ3v) is 4.73. The summed E-state index contributed by atoms with van der Waals surface area (Å²) in [6.45, 7) is 5.01. The molecule has 0 bridgehead atoms. The molecule has 200 valence electrons. The Bertz CT molecular complexity index is 783. The Morgan fingerprint density at radius 3 is 1.83 bits per heavy atom. The van der Waals surface area contributed by atoms with Crippen molar-refractivity contribution in [3.8, 4) is 0 Å². The molecule has 0 saturated heterocycles. The summed E-state index contributed by atoms with van der Waals surface area (Å²) in [5.41, 5.74) is 16.1. The maximum atomic E-state index is 13.0. The van der Waals surface area contributed by atoms with Gasteiger partial charge in [-0.1, -0.05) is 13.8 Å². The first-order valence-electron chi connectivity index (χ1n) is 11.0. The number of aliphatic hydroxyl groups is 1. The lowest BCUT2D eigenvalue weighted by Crippen LogP contribution is -2.58. The van der Waals surface area contributed by atoms with Crippen LogP contribution in [0.1, 0.15) is 46.5 Å². The number of rotatable bonds is 16. The van der Waals surface area contributed by atoms with E-state index in [0.29, 0.717) is 0 Å². The SMILES string of the molecule is CC(C)CC(NC(=O)C(N)C(C)O)C(=O)NC(CCCN=C(N)N)C(=O)NC(CC(=O)O)C(=O)O. The second kappa shape index (κ2) is 15.4. The molecule has 0 rings (SSSR count). The number of carboxylic acids is 2. The van der Waals surface area contributed by atoms with Crippen LogP contribution in [-0.4, -0.2) is 87.8 Å². The third kappa shape index (κ3) is 13.1. The Morgan fingerprint density at radius 2 is 1.37 bits per heavy atom. The van der Waals surface area contributed by atoms with Gasteiger partial charge < -0.3 is 48.5 Å². The monoisotopic (exact) mass is 503 g/mol. The molecule has 35 heavy (non-hydrogen) atoms. The van der Waals surface area contributed by atoms with E-state index in [1.807, 2.05) is 0 Å². The largest absolute Gasteiger partial charge is 0.481 e. The number of carbonyl (C=O) groups excluding carboxylic acids is 3. The minimum Gasteiger partial charge on any atom is -0.481 e. The lowest BCUT2D eigenvalue weighted by Gasteiger charge is -2.26. The minimum absolute atomic E-state index is 0.0245. The highest BCUT2D eigenvalue weighted by atomic mass is 16.4. The second-order valence-electron chi connectivity index (χ2n) is 8.46. The molecule has 0 aliphatic rings. The highest BCUT2D eigenvalue weighted by Gasteiger charge is 2.31. The van der Waals surface area contributed by atoms with Crippen molar-refractivity contribution in [3.63, 3.8) is 0 Å². The average Bonchev–Trinajstić information content (AvgIpc) is 2.72. The molecule has 0 aliphatic heterocycles. The fourth-order valence-electron chi connectivity index (χ4n) is 2.88. The molecule has 3 amide bonds. The van der Waals surface area contributed by atoms with Crippen LogP contribution in [0.3, 0.4) is 0 Å². The molecule has 0 radical (unpaired) electrons. The van der Waals surface area contributed by atoms with Crippen molar-refractivity contribution in [2.45, 2.75) is 76.7 Å². The molecule has 0 aromatic carbocycles. The highest BCUT2D eigenvalue weighted by molar-refractivity contribution is 5.94. The van der Waals surface area contributed by atoms with Gasteiger partial charge in [-0.2, -0.15) is 0 Å². The Morgan fingerprint density at radius 1 is 0.857 bits per heavy atom. The van der Waals surface area contributed by atoms with E-state index in [4.69, 9.17) is 22.3 Å². The number of aliphatic imine (C=N–C) groups is 1. The van der Waals surface area contributed by atoms with Crippen LogP contribution in [0, 0.1) is 5.92 Å².